The molecule has 1 saturated heterocycles. The molecule has 0 radical (unpaired) electrons. The maximum Gasteiger partial charge on any atom is 0.341 e. The molecule has 0 bridgehead atoms. The molecule has 35 heavy (non-hydrogen) atoms. The zero-order valence-corrected chi connectivity index (χ0v) is 18.7. The number of halogens is 2. The van der Waals surface area contributed by atoms with Gasteiger partial charge in [0.2, 0.25) is 5.95 Å². The summed E-state index contributed by atoms with van der Waals surface area (Å²) in [4.78, 5) is 25.2. The van der Waals surface area contributed by atoms with Crippen LogP contribution < -0.4 is 4.90 Å². The second kappa shape index (κ2) is 9.05. The van der Waals surface area contributed by atoms with Crippen LogP contribution in [0.25, 0.3) is 11.5 Å². The Morgan fingerprint density at radius 1 is 1.17 bits per heavy atom. The largest absolute Gasteiger partial charge is 0.341 e. The number of anilines is 1. The van der Waals surface area contributed by atoms with E-state index >= 15 is 0 Å². The van der Waals surface area contributed by atoms with Crippen LogP contribution >= 0.6 is 0 Å². The van der Waals surface area contributed by atoms with E-state index in [1.54, 1.807) is 28.8 Å². The average molecular weight is 478 g/mol. The number of aryl methyl sites for hydroxylation is 1. The summed E-state index contributed by atoms with van der Waals surface area (Å²) in [6.07, 6.45) is 4.59. The number of nitrogens with zero attached hydrogens (tertiary/aromatic N) is 10. The summed E-state index contributed by atoms with van der Waals surface area (Å²) in [7, 11) is 1.69. The highest BCUT2D eigenvalue weighted by molar-refractivity contribution is 5.79. The van der Waals surface area contributed by atoms with Gasteiger partial charge in [-0.15, -0.1) is 10.2 Å². The molecule has 2 aliphatic rings. The summed E-state index contributed by atoms with van der Waals surface area (Å²) < 4.78 is 29.9. The highest BCUT2D eigenvalue weighted by atomic mass is 19.1. The van der Waals surface area contributed by atoms with Gasteiger partial charge in [-0.2, -0.15) is 10.4 Å². The van der Waals surface area contributed by atoms with Gasteiger partial charge in [0.15, 0.2) is 11.6 Å². The molecular formula is C22H20F2N10O. The zero-order valence-electron chi connectivity index (χ0n) is 18.7. The maximum atomic E-state index is 14.3. The van der Waals surface area contributed by atoms with E-state index in [4.69, 9.17) is 5.26 Å². The highest BCUT2D eigenvalue weighted by Gasteiger charge is 2.34. The van der Waals surface area contributed by atoms with Crippen molar-refractivity contribution in [2.75, 3.05) is 31.1 Å². The third-order valence-electron chi connectivity index (χ3n) is 5.95. The number of amides is 2. The molecule has 3 aromatic rings. The number of carbonyl (C=O) groups is 1. The molecule has 1 unspecified atom stereocenters. The van der Waals surface area contributed by atoms with Crippen LogP contribution in [0.5, 0.6) is 0 Å². The number of aromatic nitrogens is 5. The molecule has 2 aromatic heterocycles. The molecule has 2 aliphatic heterocycles. The molecule has 0 spiro atoms. The average Bonchev–Trinajstić information content (AvgIpc) is 3.53. The number of hydrazone groups is 1. The predicted octanol–water partition coefficient (Wildman–Crippen LogP) is 2.10. The molecule has 0 N–H and O–H groups in total. The van der Waals surface area contributed by atoms with Gasteiger partial charge in [-0.05, 0) is 23.8 Å². The second-order valence-electron chi connectivity index (χ2n) is 8.17. The summed E-state index contributed by atoms with van der Waals surface area (Å²) in [5, 5.41) is 22.4. The lowest BCUT2D eigenvalue weighted by molar-refractivity contribution is 0.139. The van der Waals surface area contributed by atoms with E-state index < -0.39 is 17.7 Å². The van der Waals surface area contributed by atoms with Crippen LogP contribution in [0.4, 0.5) is 19.5 Å². The molecule has 1 aromatic carbocycles. The van der Waals surface area contributed by atoms with E-state index in [-0.39, 0.29) is 23.1 Å². The Morgan fingerprint density at radius 3 is 2.69 bits per heavy atom. The van der Waals surface area contributed by atoms with Gasteiger partial charge >= 0.3 is 6.03 Å². The van der Waals surface area contributed by atoms with Crippen LogP contribution in [-0.2, 0) is 7.05 Å². The van der Waals surface area contributed by atoms with Crippen LogP contribution in [-0.4, -0.2) is 73.1 Å². The van der Waals surface area contributed by atoms with E-state index in [0.717, 1.165) is 12.3 Å². The first-order valence-corrected chi connectivity index (χ1v) is 10.9. The van der Waals surface area contributed by atoms with Gasteiger partial charge in [-0.1, -0.05) is 0 Å². The van der Waals surface area contributed by atoms with Crippen LogP contribution in [0.2, 0.25) is 0 Å². The molecule has 0 aliphatic carbocycles. The van der Waals surface area contributed by atoms with Crippen molar-refractivity contribution in [1.29, 1.82) is 5.26 Å². The number of rotatable bonds is 3. The minimum atomic E-state index is -0.603. The SMILES string of the molecule is Cn1cnnc1-c1nc(N2CCN(C(=O)N3N=CCC3c3cc(F)cc(C#N)c3)CC2)ncc1F. The summed E-state index contributed by atoms with van der Waals surface area (Å²) >= 11 is 0. The van der Waals surface area contributed by atoms with E-state index in [2.05, 4.69) is 25.3 Å². The van der Waals surface area contributed by atoms with E-state index in [1.807, 2.05) is 11.0 Å². The molecular weight excluding hydrogens is 458 g/mol. The third kappa shape index (κ3) is 4.25. The van der Waals surface area contributed by atoms with Crippen molar-refractivity contribution < 1.29 is 13.6 Å². The lowest BCUT2D eigenvalue weighted by atomic mass is 10.0. The summed E-state index contributed by atoms with van der Waals surface area (Å²) in [6.45, 7) is 1.58. The first-order valence-electron chi connectivity index (χ1n) is 10.9. The van der Waals surface area contributed by atoms with Gasteiger partial charge in [0.25, 0.3) is 0 Å². The van der Waals surface area contributed by atoms with Crippen molar-refractivity contribution in [2.24, 2.45) is 12.1 Å². The molecule has 13 heteroatoms. The first-order chi connectivity index (χ1) is 16.9. The Morgan fingerprint density at radius 2 is 1.97 bits per heavy atom. The number of hydrogen-bond donors (Lipinski definition) is 0. The first kappa shape index (κ1) is 22.3. The number of benzene rings is 1. The molecule has 0 saturated carbocycles. The van der Waals surface area contributed by atoms with Crippen molar-refractivity contribution in [2.45, 2.75) is 12.5 Å². The molecule has 5 rings (SSSR count). The summed E-state index contributed by atoms with van der Waals surface area (Å²) in [5.41, 5.74) is 0.754. The molecule has 4 heterocycles. The fourth-order valence-corrected chi connectivity index (χ4v) is 4.15. The molecule has 1 fully saturated rings. The fourth-order valence-electron chi connectivity index (χ4n) is 4.15. The number of nitriles is 1. The summed E-state index contributed by atoms with van der Waals surface area (Å²) in [6, 6.07) is 5.17. The predicted molar refractivity (Wildman–Crippen MR) is 120 cm³/mol. The number of piperazine rings is 1. The number of hydrogen-bond acceptors (Lipinski definition) is 8. The quantitative estimate of drug-likeness (QED) is 0.565. The van der Waals surface area contributed by atoms with E-state index in [1.165, 1.54) is 17.4 Å². The minimum Gasteiger partial charge on any atom is -0.337 e. The van der Waals surface area contributed by atoms with Gasteiger partial charge in [0.05, 0.1) is 23.9 Å². The van der Waals surface area contributed by atoms with Crippen LogP contribution in [0.1, 0.15) is 23.6 Å². The van der Waals surface area contributed by atoms with Crippen LogP contribution in [0.3, 0.4) is 0 Å². The van der Waals surface area contributed by atoms with Crippen LogP contribution in [0, 0.1) is 23.0 Å². The molecule has 1 atom stereocenters. The molecule has 178 valence electrons. The number of urea groups is 1. The topological polar surface area (TPSA) is 119 Å². The third-order valence-corrected chi connectivity index (χ3v) is 5.95. The van der Waals surface area contributed by atoms with Crippen molar-refractivity contribution in [1.82, 2.24) is 34.6 Å². The minimum absolute atomic E-state index is 0.0505. The Kier molecular flexibility index (Phi) is 5.77. The van der Waals surface area contributed by atoms with Gasteiger partial charge in [-0.25, -0.2) is 28.6 Å². The molecule has 2 amide bonds. The van der Waals surface area contributed by atoms with Gasteiger partial charge in [0, 0.05) is 45.9 Å². The monoisotopic (exact) mass is 478 g/mol. The smallest absolute Gasteiger partial charge is 0.337 e. The lowest BCUT2D eigenvalue weighted by Gasteiger charge is -2.37. The van der Waals surface area contributed by atoms with Gasteiger partial charge in [-0.3, -0.25) is 0 Å². The van der Waals surface area contributed by atoms with Crippen molar-refractivity contribution in [3.63, 3.8) is 0 Å². The van der Waals surface area contributed by atoms with Gasteiger partial charge in [0.1, 0.15) is 17.8 Å². The van der Waals surface area contributed by atoms with Crippen molar-refractivity contribution in [3.05, 3.63) is 53.5 Å². The zero-order chi connectivity index (χ0) is 24.5. The van der Waals surface area contributed by atoms with E-state index in [0.29, 0.717) is 44.1 Å². The Labute approximate surface area is 198 Å². The Hall–Kier alpha value is -4.47. The number of carbonyl (C=O) groups excluding carboxylic acids is 1. The normalized spacial score (nSPS) is 17.7. The second-order valence-corrected chi connectivity index (χ2v) is 8.17. The van der Waals surface area contributed by atoms with Crippen molar-refractivity contribution in [3.8, 4) is 17.6 Å². The van der Waals surface area contributed by atoms with E-state index in [9.17, 15) is 13.6 Å². The Bertz CT molecular complexity index is 1340. The summed E-state index contributed by atoms with van der Waals surface area (Å²) in [5.74, 6) is -0.521. The maximum absolute atomic E-state index is 14.3. The lowest BCUT2D eigenvalue weighted by Crippen LogP contribution is -2.52. The highest BCUT2D eigenvalue weighted by Crippen LogP contribution is 2.31. The van der Waals surface area contributed by atoms with Gasteiger partial charge < -0.3 is 14.4 Å². The Balaban J connectivity index is 1.28. The fraction of sp³-hybridized carbons (Fsp3) is 0.318. The van der Waals surface area contributed by atoms with Crippen LogP contribution in [0.15, 0.2) is 35.8 Å². The standard InChI is InChI=1S/C22H20F2N10O/c1-31-13-27-30-20(31)19-17(24)12-26-21(29-19)32-4-6-33(7-5-32)22(35)34-18(2-3-28-34)15-8-14(11-25)9-16(23)10-15/h3,8-10,12-13,18H,2,4-7H2,1H3. The van der Waals surface area contributed by atoms with Crippen molar-refractivity contribution >= 4 is 18.2 Å². The molecule has 11 nitrogen and oxygen atoms in total.